The van der Waals surface area contributed by atoms with Crippen LogP contribution in [0.1, 0.15) is 40.6 Å². The van der Waals surface area contributed by atoms with Crippen LogP contribution in [0.15, 0.2) is 36.7 Å². The molecule has 2 heterocycles. The minimum atomic E-state index is -0.459. The van der Waals surface area contributed by atoms with Crippen LogP contribution >= 0.6 is 0 Å². The molecule has 1 fully saturated rings. The second-order valence-electron chi connectivity index (χ2n) is 6.88. The van der Waals surface area contributed by atoms with Crippen molar-refractivity contribution in [1.29, 1.82) is 0 Å². The van der Waals surface area contributed by atoms with Crippen LogP contribution in [-0.4, -0.2) is 30.0 Å². The van der Waals surface area contributed by atoms with Crippen molar-refractivity contribution in [3.63, 3.8) is 0 Å². The molecule has 0 saturated heterocycles. The summed E-state index contributed by atoms with van der Waals surface area (Å²) in [6.45, 7) is 4.09. The fourth-order valence-electron chi connectivity index (χ4n) is 3.45. The highest BCUT2D eigenvalue weighted by molar-refractivity contribution is 5.97. The Hall–Kier alpha value is -3.29. The zero-order valence-electron chi connectivity index (χ0n) is 15.1. The summed E-state index contributed by atoms with van der Waals surface area (Å²) >= 11 is 0. The van der Waals surface area contributed by atoms with Gasteiger partial charge in [-0.05, 0) is 32.8 Å². The predicted octanol–water partition coefficient (Wildman–Crippen LogP) is 3.49. The lowest BCUT2D eigenvalue weighted by Crippen LogP contribution is -2.12. The highest BCUT2D eigenvalue weighted by Crippen LogP contribution is 2.38. The van der Waals surface area contributed by atoms with Gasteiger partial charge in [-0.3, -0.25) is 14.9 Å². The summed E-state index contributed by atoms with van der Waals surface area (Å²) in [7, 11) is 0. The van der Waals surface area contributed by atoms with Crippen LogP contribution in [0.5, 0.6) is 0 Å². The molecule has 0 amide bonds. The minimum Gasteiger partial charge on any atom is -0.345 e. The lowest BCUT2D eigenvalue weighted by Gasteiger charge is -2.07. The van der Waals surface area contributed by atoms with E-state index in [9.17, 15) is 14.9 Å². The maximum atomic E-state index is 12.7. The summed E-state index contributed by atoms with van der Waals surface area (Å²) in [4.78, 5) is 27.4. The molecule has 0 atom stereocenters. The summed E-state index contributed by atoms with van der Waals surface area (Å²) < 4.78 is 3.71. The van der Waals surface area contributed by atoms with Gasteiger partial charge in [0, 0.05) is 40.7 Å². The molecule has 0 N–H and O–H groups in total. The van der Waals surface area contributed by atoms with Crippen molar-refractivity contribution in [3.05, 3.63) is 63.7 Å². The van der Waals surface area contributed by atoms with Crippen LogP contribution < -0.4 is 0 Å². The zero-order valence-corrected chi connectivity index (χ0v) is 15.1. The Kier molecular flexibility index (Phi) is 4.10. The van der Waals surface area contributed by atoms with Crippen molar-refractivity contribution >= 4 is 11.5 Å². The van der Waals surface area contributed by atoms with Gasteiger partial charge < -0.3 is 4.57 Å². The smallest absolute Gasteiger partial charge is 0.270 e. The fourth-order valence-corrected chi connectivity index (χ4v) is 3.45. The van der Waals surface area contributed by atoms with E-state index < -0.39 is 4.92 Å². The van der Waals surface area contributed by atoms with Gasteiger partial charge in [0.1, 0.15) is 12.9 Å². The molecular formula is C19H19N5O3. The number of carbonyl (C=O) groups is 1. The minimum absolute atomic E-state index is 0.0209. The number of rotatable bonds is 6. The van der Waals surface area contributed by atoms with E-state index in [2.05, 4.69) is 14.6 Å². The van der Waals surface area contributed by atoms with E-state index in [1.54, 1.807) is 12.1 Å². The number of aromatic nitrogens is 4. The molecule has 138 valence electrons. The third-order valence-corrected chi connectivity index (χ3v) is 4.85. The maximum Gasteiger partial charge on any atom is 0.270 e. The van der Waals surface area contributed by atoms with Crippen molar-refractivity contribution in [2.45, 2.75) is 39.3 Å². The van der Waals surface area contributed by atoms with Crippen molar-refractivity contribution in [2.75, 3.05) is 0 Å². The van der Waals surface area contributed by atoms with Crippen LogP contribution in [0.2, 0.25) is 0 Å². The summed E-state index contributed by atoms with van der Waals surface area (Å²) in [5.41, 5.74) is 3.34. The average Bonchev–Trinajstić information content (AvgIpc) is 3.28. The molecule has 8 nitrogen and oxygen atoms in total. The first-order valence-electron chi connectivity index (χ1n) is 8.80. The van der Waals surface area contributed by atoms with Crippen molar-refractivity contribution in [2.24, 2.45) is 0 Å². The summed E-state index contributed by atoms with van der Waals surface area (Å²) in [6, 6.07) is 8.60. The number of nitro groups is 1. The molecule has 3 aromatic rings. The molecule has 0 bridgehead atoms. The third-order valence-electron chi connectivity index (χ3n) is 4.85. The van der Waals surface area contributed by atoms with E-state index in [1.807, 2.05) is 19.9 Å². The Morgan fingerprint density at radius 2 is 2.07 bits per heavy atom. The predicted molar refractivity (Wildman–Crippen MR) is 98.6 cm³/mol. The molecular weight excluding hydrogens is 346 g/mol. The van der Waals surface area contributed by atoms with Gasteiger partial charge in [0.15, 0.2) is 11.6 Å². The molecule has 27 heavy (non-hydrogen) atoms. The number of non-ortho nitro benzene ring substituents is 1. The Morgan fingerprint density at radius 3 is 2.78 bits per heavy atom. The fraction of sp³-hybridized carbons (Fsp3) is 0.316. The lowest BCUT2D eigenvalue weighted by molar-refractivity contribution is -0.384. The largest absolute Gasteiger partial charge is 0.345 e. The molecule has 8 heteroatoms. The maximum absolute atomic E-state index is 12.7. The Balaban J connectivity index is 1.54. The monoisotopic (exact) mass is 365 g/mol. The van der Waals surface area contributed by atoms with Crippen molar-refractivity contribution in [3.8, 4) is 11.4 Å². The van der Waals surface area contributed by atoms with E-state index in [1.165, 1.54) is 36.0 Å². The number of carbonyl (C=O) groups excluding carboxylic acids is 1. The molecule has 0 radical (unpaired) electrons. The number of hydrogen-bond acceptors (Lipinski definition) is 5. The van der Waals surface area contributed by atoms with E-state index in [0.717, 1.165) is 11.4 Å². The number of hydrogen-bond donors (Lipinski definition) is 0. The second-order valence-corrected chi connectivity index (χ2v) is 6.88. The van der Waals surface area contributed by atoms with Gasteiger partial charge in [-0.25, -0.2) is 9.67 Å². The average molecular weight is 365 g/mol. The number of ketones is 1. The van der Waals surface area contributed by atoms with E-state index in [-0.39, 0.29) is 18.0 Å². The highest BCUT2D eigenvalue weighted by Gasteiger charge is 2.28. The summed E-state index contributed by atoms with van der Waals surface area (Å²) in [6.07, 6.45) is 3.81. The first-order chi connectivity index (χ1) is 12.9. The SMILES string of the molecule is Cc1cc(C(=O)Cn2cnc(-c3cccc([N+](=O)[O-])c3)n2)c(C)n1C1CC1. The Labute approximate surface area is 155 Å². The van der Waals surface area contributed by atoms with Gasteiger partial charge in [0.05, 0.1) is 4.92 Å². The van der Waals surface area contributed by atoms with Gasteiger partial charge in [0.25, 0.3) is 5.69 Å². The van der Waals surface area contributed by atoms with E-state index in [0.29, 0.717) is 23.0 Å². The zero-order chi connectivity index (χ0) is 19.1. The van der Waals surface area contributed by atoms with Crippen molar-refractivity contribution in [1.82, 2.24) is 19.3 Å². The molecule has 1 saturated carbocycles. The Bertz CT molecular complexity index is 1050. The van der Waals surface area contributed by atoms with Crippen molar-refractivity contribution < 1.29 is 9.72 Å². The summed E-state index contributed by atoms with van der Waals surface area (Å²) in [5, 5.41) is 15.2. The topological polar surface area (TPSA) is 95.8 Å². The number of nitro benzene ring substituents is 1. The Morgan fingerprint density at radius 1 is 1.30 bits per heavy atom. The quantitative estimate of drug-likeness (QED) is 0.378. The number of Topliss-reactive ketones (excluding diaryl/α,β-unsaturated/α-hetero) is 1. The first-order valence-corrected chi connectivity index (χ1v) is 8.80. The van der Waals surface area contributed by atoms with Crippen LogP contribution in [0, 0.1) is 24.0 Å². The third kappa shape index (κ3) is 3.25. The van der Waals surface area contributed by atoms with Gasteiger partial charge in [-0.15, -0.1) is 0 Å². The second kappa shape index (κ2) is 6.46. The molecule has 1 aliphatic carbocycles. The van der Waals surface area contributed by atoms with Crippen LogP contribution in [-0.2, 0) is 6.54 Å². The number of benzene rings is 1. The molecule has 1 aromatic carbocycles. The van der Waals surface area contributed by atoms with Crippen LogP contribution in [0.3, 0.4) is 0 Å². The molecule has 2 aromatic heterocycles. The molecule has 0 unspecified atom stereocenters. The highest BCUT2D eigenvalue weighted by atomic mass is 16.6. The standard InChI is InChI=1S/C19H19N5O3/c1-12-8-17(13(2)23(12)15-6-7-15)18(25)10-22-11-20-19(21-22)14-4-3-5-16(9-14)24(26)27/h3-5,8-9,11,15H,6-7,10H2,1-2H3. The molecule has 0 spiro atoms. The van der Waals surface area contributed by atoms with E-state index >= 15 is 0 Å². The van der Waals surface area contributed by atoms with Crippen LogP contribution in [0.25, 0.3) is 11.4 Å². The number of aryl methyl sites for hydroxylation is 1. The molecule has 4 rings (SSSR count). The van der Waals surface area contributed by atoms with Gasteiger partial charge in [0.2, 0.25) is 0 Å². The van der Waals surface area contributed by atoms with Gasteiger partial charge in [-0.1, -0.05) is 12.1 Å². The lowest BCUT2D eigenvalue weighted by atomic mass is 10.1. The van der Waals surface area contributed by atoms with E-state index in [4.69, 9.17) is 0 Å². The first kappa shape index (κ1) is 17.1. The molecule has 0 aliphatic heterocycles. The normalized spacial score (nSPS) is 13.7. The van der Waals surface area contributed by atoms with Gasteiger partial charge in [-0.2, -0.15) is 5.10 Å². The summed E-state index contributed by atoms with van der Waals surface area (Å²) in [5.74, 6) is 0.334. The van der Waals surface area contributed by atoms with Gasteiger partial charge >= 0.3 is 0 Å². The molecule has 1 aliphatic rings. The van der Waals surface area contributed by atoms with Crippen LogP contribution in [0.4, 0.5) is 5.69 Å². The number of nitrogens with zero attached hydrogens (tertiary/aromatic N) is 5.